The standard InChI is InChI=1S/C8H6N2O2.ClH/c11-8(12)5-1-2-7-6(3-5)4-9-10-7;/h1-4H,(H,9,10)(H,11,12);1H. The van der Waals surface area contributed by atoms with Crippen LogP contribution >= 0.6 is 12.4 Å². The molecular weight excluding hydrogens is 192 g/mol. The third-order valence-corrected chi connectivity index (χ3v) is 1.69. The van der Waals surface area contributed by atoms with Crippen molar-refractivity contribution >= 4 is 29.3 Å². The molecule has 0 saturated heterocycles. The van der Waals surface area contributed by atoms with Crippen molar-refractivity contribution < 1.29 is 9.90 Å². The zero-order valence-corrected chi connectivity index (χ0v) is 7.34. The van der Waals surface area contributed by atoms with Gasteiger partial charge in [0.2, 0.25) is 0 Å². The number of nitrogens with zero attached hydrogens (tertiary/aromatic N) is 1. The molecule has 0 aliphatic heterocycles. The first-order chi connectivity index (χ1) is 5.77. The lowest BCUT2D eigenvalue weighted by atomic mass is 10.2. The summed E-state index contributed by atoms with van der Waals surface area (Å²) < 4.78 is 0. The van der Waals surface area contributed by atoms with Gasteiger partial charge in [-0.3, -0.25) is 5.10 Å². The smallest absolute Gasteiger partial charge is 0.335 e. The van der Waals surface area contributed by atoms with Gasteiger partial charge in [0.25, 0.3) is 0 Å². The van der Waals surface area contributed by atoms with E-state index in [0.717, 1.165) is 10.9 Å². The number of rotatable bonds is 1. The average molecular weight is 199 g/mol. The van der Waals surface area contributed by atoms with E-state index in [9.17, 15) is 4.79 Å². The number of hydrogen-bond donors (Lipinski definition) is 2. The molecule has 68 valence electrons. The quantitative estimate of drug-likeness (QED) is 0.733. The summed E-state index contributed by atoms with van der Waals surface area (Å²) in [5.74, 6) is -0.918. The highest BCUT2D eigenvalue weighted by Gasteiger charge is 2.03. The lowest BCUT2D eigenvalue weighted by Crippen LogP contribution is -1.94. The molecule has 0 unspecified atom stereocenters. The molecular formula is C8H7ClN2O2. The first-order valence-electron chi connectivity index (χ1n) is 3.44. The van der Waals surface area contributed by atoms with Gasteiger partial charge in [0.05, 0.1) is 17.3 Å². The van der Waals surface area contributed by atoms with Crippen LogP contribution in [0.5, 0.6) is 0 Å². The number of aromatic nitrogens is 2. The molecule has 1 aromatic heterocycles. The van der Waals surface area contributed by atoms with E-state index in [-0.39, 0.29) is 18.0 Å². The van der Waals surface area contributed by atoms with Crippen LogP contribution in [0.25, 0.3) is 10.9 Å². The number of aromatic amines is 1. The Labute approximate surface area is 80.0 Å². The fourth-order valence-corrected chi connectivity index (χ4v) is 1.08. The molecule has 5 heteroatoms. The Morgan fingerprint density at radius 3 is 2.92 bits per heavy atom. The summed E-state index contributed by atoms with van der Waals surface area (Å²) in [6.07, 6.45) is 1.60. The van der Waals surface area contributed by atoms with Crippen molar-refractivity contribution in [1.82, 2.24) is 10.2 Å². The van der Waals surface area contributed by atoms with Crippen LogP contribution in [0, 0.1) is 0 Å². The number of nitrogens with one attached hydrogen (secondary N) is 1. The van der Waals surface area contributed by atoms with Crippen molar-refractivity contribution in [3.8, 4) is 0 Å². The van der Waals surface area contributed by atoms with Crippen molar-refractivity contribution in [3.63, 3.8) is 0 Å². The average Bonchev–Trinajstić information content (AvgIpc) is 2.49. The second kappa shape index (κ2) is 3.45. The van der Waals surface area contributed by atoms with Gasteiger partial charge in [-0.25, -0.2) is 4.79 Å². The van der Waals surface area contributed by atoms with Crippen molar-refractivity contribution in [3.05, 3.63) is 30.0 Å². The summed E-state index contributed by atoms with van der Waals surface area (Å²) in [4.78, 5) is 10.5. The predicted octanol–water partition coefficient (Wildman–Crippen LogP) is 1.68. The van der Waals surface area contributed by atoms with E-state index < -0.39 is 5.97 Å². The number of aromatic carboxylic acids is 1. The van der Waals surface area contributed by atoms with Gasteiger partial charge in [0.1, 0.15) is 0 Å². The van der Waals surface area contributed by atoms with Crippen LogP contribution in [-0.4, -0.2) is 21.3 Å². The minimum atomic E-state index is -0.918. The molecule has 2 aromatic rings. The number of carbonyl (C=O) groups is 1. The molecule has 0 bridgehead atoms. The second-order valence-electron chi connectivity index (χ2n) is 2.48. The van der Waals surface area contributed by atoms with Gasteiger partial charge in [-0.15, -0.1) is 12.4 Å². The summed E-state index contributed by atoms with van der Waals surface area (Å²) >= 11 is 0. The zero-order chi connectivity index (χ0) is 8.55. The topological polar surface area (TPSA) is 66.0 Å². The minimum absolute atomic E-state index is 0. The molecule has 2 rings (SSSR count). The lowest BCUT2D eigenvalue weighted by molar-refractivity contribution is 0.0697. The van der Waals surface area contributed by atoms with Gasteiger partial charge in [-0.1, -0.05) is 0 Å². The maximum absolute atomic E-state index is 10.5. The highest BCUT2D eigenvalue weighted by atomic mass is 35.5. The highest BCUT2D eigenvalue weighted by Crippen LogP contribution is 2.12. The van der Waals surface area contributed by atoms with Crippen molar-refractivity contribution in [2.24, 2.45) is 0 Å². The molecule has 4 nitrogen and oxygen atoms in total. The number of H-pyrrole nitrogens is 1. The number of carboxylic acids is 1. The van der Waals surface area contributed by atoms with Gasteiger partial charge in [0, 0.05) is 5.39 Å². The van der Waals surface area contributed by atoms with Crippen LogP contribution in [0.1, 0.15) is 10.4 Å². The Balaban J connectivity index is 0.000000845. The van der Waals surface area contributed by atoms with Gasteiger partial charge in [-0.05, 0) is 18.2 Å². The maximum atomic E-state index is 10.5. The number of halogens is 1. The second-order valence-corrected chi connectivity index (χ2v) is 2.48. The molecule has 1 aromatic carbocycles. The van der Waals surface area contributed by atoms with E-state index in [0.29, 0.717) is 0 Å². The van der Waals surface area contributed by atoms with Crippen molar-refractivity contribution in [2.45, 2.75) is 0 Å². The van der Waals surface area contributed by atoms with Gasteiger partial charge >= 0.3 is 5.97 Å². The Morgan fingerprint density at radius 1 is 1.46 bits per heavy atom. The first-order valence-corrected chi connectivity index (χ1v) is 3.44. The largest absolute Gasteiger partial charge is 0.478 e. The van der Waals surface area contributed by atoms with Crippen LogP contribution < -0.4 is 0 Å². The van der Waals surface area contributed by atoms with Crippen LogP contribution in [0.3, 0.4) is 0 Å². The third kappa shape index (κ3) is 1.62. The third-order valence-electron chi connectivity index (χ3n) is 1.69. The SMILES string of the molecule is Cl.O=C(O)c1ccc2[nH]ncc2c1. The fraction of sp³-hybridized carbons (Fsp3) is 0. The summed E-state index contributed by atoms with van der Waals surface area (Å²) in [6.45, 7) is 0. The number of benzene rings is 1. The summed E-state index contributed by atoms with van der Waals surface area (Å²) in [5.41, 5.74) is 1.13. The molecule has 0 spiro atoms. The Morgan fingerprint density at radius 2 is 2.23 bits per heavy atom. The molecule has 0 saturated carbocycles. The number of hydrogen-bond acceptors (Lipinski definition) is 2. The van der Waals surface area contributed by atoms with E-state index in [2.05, 4.69) is 10.2 Å². The Hall–Kier alpha value is -1.55. The van der Waals surface area contributed by atoms with Crippen LogP contribution in [0.4, 0.5) is 0 Å². The van der Waals surface area contributed by atoms with E-state index >= 15 is 0 Å². The van der Waals surface area contributed by atoms with E-state index in [1.807, 2.05) is 0 Å². The Bertz CT molecular complexity index is 438. The van der Waals surface area contributed by atoms with Crippen molar-refractivity contribution in [2.75, 3.05) is 0 Å². The normalized spacial score (nSPS) is 9.54. The highest BCUT2D eigenvalue weighted by molar-refractivity contribution is 5.93. The van der Waals surface area contributed by atoms with Gasteiger partial charge < -0.3 is 5.11 Å². The van der Waals surface area contributed by atoms with E-state index in [4.69, 9.17) is 5.11 Å². The van der Waals surface area contributed by atoms with Gasteiger partial charge in [-0.2, -0.15) is 5.10 Å². The minimum Gasteiger partial charge on any atom is -0.478 e. The van der Waals surface area contributed by atoms with Gasteiger partial charge in [0.15, 0.2) is 0 Å². The van der Waals surface area contributed by atoms with E-state index in [1.54, 1.807) is 24.4 Å². The molecule has 0 amide bonds. The summed E-state index contributed by atoms with van der Waals surface area (Å²) in [7, 11) is 0. The molecule has 0 aliphatic carbocycles. The van der Waals surface area contributed by atoms with Crippen LogP contribution in [-0.2, 0) is 0 Å². The van der Waals surface area contributed by atoms with E-state index in [1.165, 1.54) is 0 Å². The summed E-state index contributed by atoms with van der Waals surface area (Å²) in [5, 5.41) is 16.0. The Kier molecular flexibility index (Phi) is 2.53. The lowest BCUT2D eigenvalue weighted by Gasteiger charge is -1.92. The van der Waals surface area contributed by atoms with Crippen LogP contribution in [0.2, 0.25) is 0 Å². The predicted molar refractivity (Wildman–Crippen MR) is 50.3 cm³/mol. The molecule has 1 heterocycles. The number of carboxylic acid groups (broad SMARTS) is 1. The molecule has 0 radical (unpaired) electrons. The van der Waals surface area contributed by atoms with Crippen LogP contribution in [0.15, 0.2) is 24.4 Å². The molecule has 0 atom stereocenters. The zero-order valence-electron chi connectivity index (χ0n) is 6.52. The molecule has 2 N–H and O–H groups in total. The molecule has 13 heavy (non-hydrogen) atoms. The summed E-state index contributed by atoms with van der Waals surface area (Å²) in [6, 6.07) is 4.83. The molecule has 0 aliphatic rings. The first kappa shape index (κ1) is 9.54. The maximum Gasteiger partial charge on any atom is 0.335 e. The monoisotopic (exact) mass is 198 g/mol. The molecule has 0 fully saturated rings. The number of fused-ring (bicyclic) bond motifs is 1. The van der Waals surface area contributed by atoms with Crippen molar-refractivity contribution in [1.29, 1.82) is 0 Å². The fourth-order valence-electron chi connectivity index (χ4n) is 1.08.